The van der Waals surface area contributed by atoms with E-state index in [1.807, 2.05) is 0 Å². The number of carbonyl (C=O) groups excluding carboxylic acids is 1. The molecule has 1 saturated carbocycles. The Labute approximate surface area is 96.8 Å². The summed E-state index contributed by atoms with van der Waals surface area (Å²) in [7, 11) is 0. The molecule has 0 aromatic carbocycles. The number of nitrogens with two attached hydrogens (primary N) is 1. The smallest absolute Gasteiger partial charge is 0.222 e. The molecule has 0 aromatic heterocycles. The molecule has 16 heavy (non-hydrogen) atoms. The molecule has 92 valence electrons. The Balaban J connectivity index is 1.78. The molecule has 0 aromatic rings. The molecule has 3 N–H and O–H groups in total. The Morgan fingerprint density at radius 3 is 2.81 bits per heavy atom. The topological polar surface area (TPSA) is 66.6 Å². The van der Waals surface area contributed by atoms with Crippen LogP contribution in [0.5, 0.6) is 0 Å². The summed E-state index contributed by atoms with van der Waals surface area (Å²) in [5.41, 5.74) is 5.91. The first-order valence-corrected chi connectivity index (χ1v) is 6.36. The number of likely N-dealkylation sites (tertiary alicyclic amines) is 1. The average molecular weight is 226 g/mol. The van der Waals surface area contributed by atoms with Crippen molar-refractivity contribution in [2.24, 2.45) is 11.7 Å². The molecule has 4 nitrogen and oxygen atoms in total. The first-order chi connectivity index (χ1) is 7.65. The lowest BCUT2D eigenvalue weighted by molar-refractivity contribution is -0.131. The standard InChI is InChI=1S/C12H22N2O2/c13-10-3-1-2-9(6-10)7-12(16)14-5-4-11(15)8-14/h9-11,15H,1-8,13H2. The van der Waals surface area contributed by atoms with Gasteiger partial charge in [-0.3, -0.25) is 4.79 Å². The van der Waals surface area contributed by atoms with Crippen LogP contribution in [0.3, 0.4) is 0 Å². The number of nitrogens with zero attached hydrogens (tertiary/aromatic N) is 1. The van der Waals surface area contributed by atoms with E-state index in [1.165, 1.54) is 0 Å². The molecule has 2 aliphatic rings. The van der Waals surface area contributed by atoms with Crippen molar-refractivity contribution in [2.75, 3.05) is 13.1 Å². The van der Waals surface area contributed by atoms with Crippen LogP contribution < -0.4 is 5.73 Å². The Hall–Kier alpha value is -0.610. The lowest BCUT2D eigenvalue weighted by Gasteiger charge is -2.27. The van der Waals surface area contributed by atoms with Crippen LogP contribution in [0.1, 0.15) is 38.5 Å². The maximum atomic E-state index is 11.9. The molecule has 4 heteroatoms. The summed E-state index contributed by atoms with van der Waals surface area (Å²) in [6.07, 6.45) is 5.43. The lowest BCUT2D eigenvalue weighted by Crippen LogP contribution is -2.34. The molecular weight excluding hydrogens is 204 g/mol. The summed E-state index contributed by atoms with van der Waals surface area (Å²) in [6, 6.07) is 0.288. The summed E-state index contributed by atoms with van der Waals surface area (Å²) in [5, 5.41) is 9.38. The Kier molecular flexibility index (Phi) is 3.82. The van der Waals surface area contributed by atoms with Crippen LogP contribution in [0.4, 0.5) is 0 Å². The molecule has 1 aliphatic heterocycles. The number of hydrogen-bond donors (Lipinski definition) is 2. The second-order valence-corrected chi connectivity index (χ2v) is 5.28. The van der Waals surface area contributed by atoms with E-state index < -0.39 is 0 Å². The molecule has 3 atom stereocenters. The van der Waals surface area contributed by atoms with Gasteiger partial charge in [0.1, 0.15) is 0 Å². The molecule has 1 saturated heterocycles. The summed E-state index contributed by atoms with van der Waals surface area (Å²) < 4.78 is 0. The van der Waals surface area contributed by atoms with Crippen molar-refractivity contribution >= 4 is 5.91 Å². The molecule has 1 aliphatic carbocycles. The van der Waals surface area contributed by atoms with Crippen LogP contribution in [0.15, 0.2) is 0 Å². The van der Waals surface area contributed by atoms with Crippen molar-refractivity contribution in [1.29, 1.82) is 0 Å². The molecule has 1 heterocycles. The van der Waals surface area contributed by atoms with E-state index >= 15 is 0 Å². The lowest BCUT2D eigenvalue weighted by atomic mass is 9.84. The van der Waals surface area contributed by atoms with E-state index in [2.05, 4.69) is 0 Å². The number of amides is 1. The second kappa shape index (κ2) is 5.15. The quantitative estimate of drug-likeness (QED) is 0.720. The zero-order valence-electron chi connectivity index (χ0n) is 9.77. The third-order valence-corrected chi connectivity index (χ3v) is 3.80. The maximum absolute atomic E-state index is 11.9. The minimum atomic E-state index is -0.308. The van der Waals surface area contributed by atoms with Crippen molar-refractivity contribution < 1.29 is 9.90 Å². The summed E-state index contributed by atoms with van der Waals surface area (Å²) in [4.78, 5) is 13.7. The Morgan fingerprint density at radius 2 is 2.19 bits per heavy atom. The second-order valence-electron chi connectivity index (χ2n) is 5.28. The highest BCUT2D eigenvalue weighted by atomic mass is 16.3. The van der Waals surface area contributed by atoms with Gasteiger partial charge in [0, 0.05) is 25.6 Å². The van der Waals surface area contributed by atoms with Crippen molar-refractivity contribution in [3.05, 3.63) is 0 Å². The average Bonchev–Trinajstić information content (AvgIpc) is 2.65. The zero-order valence-corrected chi connectivity index (χ0v) is 9.77. The van der Waals surface area contributed by atoms with Crippen LogP contribution in [0.2, 0.25) is 0 Å². The predicted octanol–water partition coefficient (Wildman–Crippen LogP) is 0.487. The fourth-order valence-corrected chi connectivity index (χ4v) is 2.86. The highest BCUT2D eigenvalue weighted by molar-refractivity contribution is 5.76. The van der Waals surface area contributed by atoms with E-state index in [4.69, 9.17) is 5.73 Å². The Morgan fingerprint density at radius 1 is 1.38 bits per heavy atom. The van der Waals surface area contributed by atoms with Gasteiger partial charge in [-0.2, -0.15) is 0 Å². The number of hydrogen-bond acceptors (Lipinski definition) is 3. The molecular formula is C12H22N2O2. The minimum Gasteiger partial charge on any atom is -0.391 e. The van der Waals surface area contributed by atoms with Crippen molar-refractivity contribution in [2.45, 2.75) is 50.7 Å². The third-order valence-electron chi connectivity index (χ3n) is 3.80. The normalized spacial score (nSPS) is 35.4. The van der Waals surface area contributed by atoms with Crippen LogP contribution in [-0.4, -0.2) is 41.1 Å². The summed E-state index contributed by atoms with van der Waals surface area (Å²) >= 11 is 0. The summed E-state index contributed by atoms with van der Waals surface area (Å²) in [6.45, 7) is 1.25. The van der Waals surface area contributed by atoms with Gasteiger partial charge in [-0.15, -0.1) is 0 Å². The van der Waals surface area contributed by atoms with Crippen LogP contribution >= 0.6 is 0 Å². The van der Waals surface area contributed by atoms with Crippen LogP contribution in [-0.2, 0) is 4.79 Å². The van der Waals surface area contributed by atoms with Crippen molar-refractivity contribution in [3.8, 4) is 0 Å². The molecule has 2 rings (SSSR count). The SMILES string of the molecule is NC1CCCC(CC(=O)N2CCC(O)C2)C1. The van der Waals surface area contributed by atoms with Gasteiger partial charge in [-0.05, 0) is 31.6 Å². The monoisotopic (exact) mass is 226 g/mol. The van der Waals surface area contributed by atoms with Gasteiger partial charge in [-0.1, -0.05) is 6.42 Å². The van der Waals surface area contributed by atoms with Gasteiger partial charge in [0.15, 0.2) is 0 Å². The highest BCUT2D eigenvalue weighted by Crippen LogP contribution is 2.27. The van der Waals surface area contributed by atoms with Crippen molar-refractivity contribution in [1.82, 2.24) is 4.90 Å². The van der Waals surface area contributed by atoms with Gasteiger partial charge in [0.25, 0.3) is 0 Å². The maximum Gasteiger partial charge on any atom is 0.222 e. The molecule has 0 spiro atoms. The van der Waals surface area contributed by atoms with Crippen LogP contribution in [0.25, 0.3) is 0 Å². The predicted molar refractivity (Wildman–Crippen MR) is 61.8 cm³/mol. The molecule has 1 amide bonds. The number of rotatable bonds is 2. The van der Waals surface area contributed by atoms with E-state index in [0.717, 1.165) is 38.6 Å². The minimum absolute atomic E-state index is 0.204. The largest absolute Gasteiger partial charge is 0.391 e. The number of carbonyl (C=O) groups is 1. The van der Waals surface area contributed by atoms with E-state index in [0.29, 0.717) is 18.9 Å². The van der Waals surface area contributed by atoms with E-state index in [-0.39, 0.29) is 18.1 Å². The summed E-state index contributed by atoms with van der Waals surface area (Å²) in [5.74, 6) is 0.671. The molecule has 0 radical (unpaired) electrons. The van der Waals surface area contributed by atoms with E-state index in [1.54, 1.807) is 4.90 Å². The number of aliphatic hydroxyl groups excluding tert-OH is 1. The highest BCUT2D eigenvalue weighted by Gasteiger charge is 2.28. The number of aliphatic hydroxyl groups is 1. The van der Waals surface area contributed by atoms with Gasteiger partial charge >= 0.3 is 0 Å². The fraction of sp³-hybridized carbons (Fsp3) is 0.917. The first-order valence-electron chi connectivity index (χ1n) is 6.36. The number of β-amino-alcohol motifs (C(OH)–C–C–N with tert-alkyl or cyclic N) is 1. The van der Waals surface area contributed by atoms with E-state index in [9.17, 15) is 9.90 Å². The Bertz CT molecular complexity index is 257. The fourth-order valence-electron chi connectivity index (χ4n) is 2.86. The zero-order chi connectivity index (χ0) is 11.5. The van der Waals surface area contributed by atoms with Gasteiger partial charge < -0.3 is 15.7 Å². The molecule has 3 unspecified atom stereocenters. The van der Waals surface area contributed by atoms with Gasteiger partial charge in [-0.25, -0.2) is 0 Å². The molecule has 2 fully saturated rings. The van der Waals surface area contributed by atoms with Crippen molar-refractivity contribution in [3.63, 3.8) is 0 Å². The van der Waals surface area contributed by atoms with Gasteiger partial charge in [0.2, 0.25) is 5.91 Å². The first kappa shape index (κ1) is 11.9. The van der Waals surface area contributed by atoms with Gasteiger partial charge in [0.05, 0.1) is 6.10 Å². The van der Waals surface area contributed by atoms with Crippen LogP contribution in [0, 0.1) is 5.92 Å². The molecule has 0 bridgehead atoms. The third kappa shape index (κ3) is 2.95.